The minimum Gasteiger partial charge on any atom is -0.473 e. The fraction of sp³-hybridized carbons (Fsp3) is 0.333. The topological polar surface area (TPSA) is 72.4 Å². The highest BCUT2D eigenvalue weighted by Crippen LogP contribution is 2.20. The molecule has 1 aliphatic rings. The minimum atomic E-state index is -3.42. The minimum absolute atomic E-state index is 0.0378. The van der Waals surface area contributed by atoms with Crippen molar-refractivity contribution in [3.05, 3.63) is 59.1 Å². The van der Waals surface area contributed by atoms with Gasteiger partial charge in [0.05, 0.1) is 0 Å². The smallest absolute Gasteiger partial charge is 0.236 e. The summed E-state index contributed by atoms with van der Waals surface area (Å²) < 4.78 is 32.2. The molecule has 3 rings (SSSR count). The molecule has 0 amide bonds. The van der Waals surface area contributed by atoms with Gasteiger partial charge >= 0.3 is 0 Å². The normalized spacial score (nSPS) is 17.0. The van der Waals surface area contributed by atoms with Gasteiger partial charge in [-0.15, -0.1) is 5.10 Å². The Balaban J connectivity index is 1.56. The first kappa shape index (κ1) is 17.6. The Kier molecular flexibility index (Phi) is 5.45. The molecule has 0 atom stereocenters. The Hall–Kier alpha value is -2.25. The monoisotopic (exact) mass is 359 g/mol. The molecule has 7 heteroatoms. The van der Waals surface area contributed by atoms with Gasteiger partial charge in [-0.2, -0.15) is 9.40 Å². The van der Waals surface area contributed by atoms with Gasteiger partial charge in [0.1, 0.15) is 6.10 Å². The molecule has 25 heavy (non-hydrogen) atoms. The second-order valence-electron chi connectivity index (χ2n) is 6.04. The molecule has 2 heterocycles. The molecule has 1 aromatic carbocycles. The largest absolute Gasteiger partial charge is 0.473 e. The molecule has 0 aliphatic carbocycles. The van der Waals surface area contributed by atoms with Crippen molar-refractivity contribution in [1.82, 2.24) is 14.5 Å². The van der Waals surface area contributed by atoms with Crippen molar-refractivity contribution < 1.29 is 13.2 Å². The van der Waals surface area contributed by atoms with Gasteiger partial charge in [-0.1, -0.05) is 29.8 Å². The lowest BCUT2D eigenvalue weighted by atomic mass is 10.1. The highest BCUT2D eigenvalue weighted by atomic mass is 32.2. The molecule has 132 valence electrons. The van der Waals surface area contributed by atoms with Crippen molar-refractivity contribution in [2.75, 3.05) is 13.1 Å². The highest BCUT2D eigenvalue weighted by Gasteiger charge is 2.27. The number of hydrogen-bond acceptors (Lipinski definition) is 5. The van der Waals surface area contributed by atoms with Crippen LogP contribution >= 0.6 is 0 Å². The number of piperidine rings is 1. The van der Waals surface area contributed by atoms with E-state index in [2.05, 4.69) is 10.2 Å². The van der Waals surface area contributed by atoms with E-state index in [1.165, 1.54) is 9.71 Å². The van der Waals surface area contributed by atoms with Crippen molar-refractivity contribution in [3.63, 3.8) is 0 Å². The Morgan fingerprint density at radius 1 is 1.16 bits per heavy atom. The average molecular weight is 359 g/mol. The Bertz CT molecular complexity index is 812. The van der Waals surface area contributed by atoms with Crippen LogP contribution in [0.1, 0.15) is 24.0 Å². The highest BCUT2D eigenvalue weighted by molar-refractivity contribution is 7.92. The van der Waals surface area contributed by atoms with E-state index in [4.69, 9.17) is 4.74 Å². The van der Waals surface area contributed by atoms with E-state index >= 15 is 0 Å². The maximum absolute atomic E-state index is 12.5. The molecule has 0 N–H and O–H groups in total. The summed E-state index contributed by atoms with van der Waals surface area (Å²) in [6, 6.07) is 11.2. The number of benzene rings is 1. The van der Waals surface area contributed by atoms with E-state index in [9.17, 15) is 8.42 Å². The van der Waals surface area contributed by atoms with Crippen molar-refractivity contribution in [2.45, 2.75) is 25.9 Å². The van der Waals surface area contributed by atoms with Crippen molar-refractivity contribution >= 4 is 16.1 Å². The quantitative estimate of drug-likeness (QED) is 0.821. The lowest BCUT2D eigenvalue weighted by Gasteiger charge is -2.30. The number of rotatable bonds is 5. The summed E-state index contributed by atoms with van der Waals surface area (Å²) in [7, 11) is -3.42. The molecule has 2 aromatic rings. The molecule has 6 nitrogen and oxygen atoms in total. The Labute approximate surface area is 148 Å². The molecular weight excluding hydrogens is 338 g/mol. The van der Waals surface area contributed by atoms with Crippen molar-refractivity contribution in [3.8, 4) is 5.88 Å². The zero-order chi connectivity index (χ0) is 17.7. The molecule has 1 saturated heterocycles. The van der Waals surface area contributed by atoms with Crippen molar-refractivity contribution in [1.29, 1.82) is 0 Å². The first-order chi connectivity index (χ1) is 12.0. The first-order valence-corrected chi connectivity index (χ1v) is 9.72. The van der Waals surface area contributed by atoms with Crippen LogP contribution in [0.2, 0.25) is 0 Å². The van der Waals surface area contributed by atoms with Gasteiger partial charge in [-0.25, -0.2) is 8.42 Å². The standard InChI is InChI=1S/C18H21N3O3S/c1-15-4-6-16(7-5-15)10-14-25(22,23)21-12-8-17(9-13-21)24-18-3-2-11-19-20-18/h2-7,10-11,14,17H,8-9,12-13H2,1H3/b14-10+. The maximum atomic E-state index is 12.5. The maximum Gasteiger partial charge on any atom is 0.236 e. The van der Waals surface area contributed by atoms with Crippen LogP contribution in [0.15, 0.2) is 48.0 Å². The van der Waals surface area contributed by atoms with E-state index in [1.54, 1.807) is 24.4 Å². The number of aryl methyl sites for hydroxylation is 1. The molecule has 1 aliphatic heterocycles. The summed E-state index contributed by atoms with van der Waals surface area (Å²) in [4.78, 5) is 0. The third kappa shape index (κ3) is 4.87. The Morgan fingerprint density at radius 3 is 2.52 bits per heavy atom. The molecule has 0 spiro atoms. The van der Waals surface area contributed by atoms with Crippen LogP contribution in [0, 0.1) is 6.92 Å². The summed E-state index contributed by atoms with van der Waals surface area (Å²) >= 11 is 0. The van der Waals surface area contributed by atoms with Crippen molar-refractivity contribution in [2.24, 2.45) is 0 Å². The zero-order valence-corrected chi connectivity index (χ0v) is 14.9. The van der Waals surface area contributed by atoms with E-state index in [0.29, 0.717) is 31.8 Å². The van der Waals surface area contributed by atoms with Crippen LogP contribution in [0.4, 0.5) is 0 Å². The van der Waals surface area contributed by atoms with Gasteiger partial charge in [0.25, 0.3) is 0 Å². The van der Waals surface area contributed by atoms with E-state index in [0.717, 1.165) is 11.1 Å². The van der Waals surface area contributed by atoms with Gasteiger partial charge in [-0.3, -0.25) is 0 Å². The predicted octanol–water partition coefficient (Wildman–Crippen LogP) is 2.63. The first-order valence-electron chi connectivity index (χ1n) is 8.22. The number of sulfonamides is 1. The molecule has 0 radical (unpaired) electrons. The van der Waals surface area contributed by atoms with Gasteiger partial charge in [-0.05, 0) is 37.5 Å². The number of nitrogens with zero attached hydrogens (tertiary/aromatic N) is 3. The lowest BCUT2D eigenvalue weighted by Crippen LogP contribution is -2.41. The lowest BCUT2D eigenvalue weighted by molar-refractivity contribution is 0.129. The van der Waals surface area contributed by atoms with Crippen LogP contribution < -0.4 is 4.74 Å². The summed E-state index contributed by atoms with van der Waals surface area (Å²) in [6.45, 7) is 2.87. The number of ether oxygens (including phenoxy) is 1. The molecule has 1 aromatic heterocycles. The van der Waals surface area contributed by atoms with Gasteiger partial charge in [0, 0.05) is 30.8 Å². The second-order valence-corrected chi connectivity index (χ2v) is 7.86. The second kappa shape index (κ2) is 7.76. The van der Waals surface area contributed by atoms with Crippen LogP contribution in [-0.4, -0.2) is 42.1 Å². The fourth-order valence-electron chi connectivity index (χ4n) is 2.65. The van der Waals surface area contributed by atoms with Crippen LogP contribution in [-0.2, 0) is 10.0 Å². The summed E-state index contributed by atoms with van der Waals surface area (Å²) in [6.07, 6.45) is 4.45. The molecule has 0 unspecified atom stereocenters. The Morgan fingerprint density at radius 2 is 1.88 bits per heavy atom. The summed E-state index contributed by atoms with van der Waals surface area (Å²) in [5.41, 5.74) is 2.01. The molecular formula is C18H21N3O3S. The summed E-state index contributed by atoms with van der Waals surface area (Å²) in [5, 5.41) is 8.95. The van der Waals surface area contributed by atoms with Crippen LogP contribution in [0.25, 0.3) is 6.08 Å². The van der Waals surface area contributed by atoms with Crippen LogP contribution in [0.3, 0.4) is 0 Å². The predicted molar refractivity (Wildman–Crippen MR) is 96.4 cm³/mol. The van der Waals surface area contributed by atoms with Gasteiger partial charge in [0.2, 0.25) is 15.9 Å². The number of aromatic nitrogens is 2. The third-order valence-corrected chi connectivity index (χ3v) is 5.67. The molecule has 1 fully saturated rings. The van der Waals surface area contributed by atoms with E-state index in [1.807, 2.05) is 31.2 Å². The molecule has 0 bridgehead atoms. The van der Waals surface area contributed by atoms with E-state index < -0.39 is 10.0 Å². The SMILES string of the molecule is Cc1ccc(/C=C/S(=O)(=O)N2CCC(Oc3cccnn3)CC2)cc1. The average Bonchev–Trinajstić information content (AvgIpc) is 2.63. The number of hydrogen-bond donors (Lipinski definition) is 0. The van der Waals surface area contributed by atoms with Gasteiger partial charge < -0.3 is 4.74 Å². The van der Waals surface area contributed by atoms with Gasteiger partial charge in [0.15, 0.2) is 0 Å². The summed E-state index contributed by atoms with van der Waals surface area (Å²) in [5.74, 6) is 0.475. The third-order valence-electron chi connectivity index (χ3n) is 4.11. The fourth-order valence-corrected chi connectivity index (χ4v) is 3.87. The molecule has 0 saturated carbocycles. The van der Waals surface area contributed by atoms with E-state index in [-0.39, 0.29) is 6.10 Å². The zero-order valence-electron chi connectivity index (χ0n) is 14.1. The van der Waals surface area contributed by atoms with Crippen LogP contribution in [0.5, 0.6) is 5.88 Å².